The third-order valence-electron chi connectivity index (χ3n) is 5.64. The number of hydrogen-bond donors (Lipinski definition) is 0. The van der Waals surface area contributed by atoms with E-state index in [4.69, 9.17) is 0 Å². The Bertz CT molecular complexity index is 634. The number of rotatable bonds is 6. The van der Waals surface area contributed by atoms with Gasteiger partial charge in [-0.15, -0.1) is 0 Å². The number of amides is 2. The van der Waals surface area contributed by atoms with E-state index in [1.165, 1.54) is 0 Å². The van der Waals surface area contributed by atoms with Crippen LogP contribution in [0.4, 0.5) is 0 Å². The van der Waals surface area contributed by atoms with Crippen LogP contribution < -0.4 is 0 Å². The molecule has 2 aliphatic rings. The highest BCUT2D eigenvalue weighted by atomic mass is 16.2. The van der Waals surface area contributed by atoms with E-state index in [-0.39, 0.29) is 17.7 Å². The van der Waals surface area contributed by atoms with Gasteiger partial charge < -0.3 is 19.3 Å². The van der Waals surface area contributed by atoms with Crippen molar-refractivity contribution in [3.63, 3.8) is 0 Å². The Labute approximate surface area is 156 Å². The van der Waals surface area contributed by atoms with Crippen molar-refractivity contribution < 1.29 is 9.59 Å². The summed E-state index contributed by atoms with van der Waals surface area (Å²) >= 11 is 0. The Balaban J connectivity index is 1.52. The molecule has 0 bridgehead atoms. The van der Waals surface area contributed by atoms with Gasteiger partial charge in [-0.1, -0.05) is 0 Å². The monoisotopic (exact) mass is 361 g/mol. The lowest BCUT2D eigenvalue weighted by Gasteiger charge is -2.33. The molecule has 2 fully saturated rings. The average molecular weight is 361 g/mol. The maximum absolute atomic E-state index is 12.9. The van der Waals surface area contributed by atoms with Gasteiger partial charge in [0.05, 0.1) is 5.92 Å². The van der Waals surface area contributed by atoms with Crippen molar-refractivity contribution in [1.29, 1.82) is 0 Å². The van der Waals surface area contributed by atoms with Crippen LogP contribution in [0.5, 0.6) is 0 Å². The van der Waals surface area contributed by atoms with Crippen molar-refractivity contribution in [2.24, 2.45) is 5.92 Å². The number of likely N-dealkylation sites (N-methyl/N-ethyl adjacent to an activating group) is 1. The van der Waals surface area contributed by atoms with Gasteiger partial charge in [0.15, 0.2) is 0 Å². The van der Waals surface area contributed by atoms with E-state index in [0.717, 1.165) is 44.8 Å². The molecule has 7 nitrogen and oxygen atoms in total. The Hall–Kier alpha value is -1.89. The Morgan fingerprint density at radius 3 is 2.69 bits per heavy atom. The van der Waals surface area contributed by atoms with Crippen LogP contribution in [-0.2, 0) is 16.1 Å². The molecule has 26 heavy (non-hydrogen) atoms. The molecule has 0 saturated carbocycles. The number of carbonyl (C=O) groups is 2. The molecule has 0 spiro atoms. The Morgan fingerprint density at radius 2 is 2.04 bits per heavy atom. The molecule has 2 aliphatic heterocycles. The van der Waals surface area contributed by atoms with Crippen molar-refractivity contribution in [3.05, 3.63) is 18.2 Å². The number of carbonyl (C=O) groups excluding carboxylic acids is 2. The number of nitrogens with zero attached hydrogens (tertiary/aromatic N) is 5. The molecule has 1 aromatic heterocycles. The molecule has 3 heterocycles. The van der Waals surface area contributed by atoms with Crippen LogP contribution >= 0.6 is 0 Å². The van der Waals surface area contributed by atoms with Gasteiger partial charge in [-0.25, -0.2) is 4.98 Å². The van der Waals surface area contributed by atoms with Gasteiger partial charge in [0.25, 0.3) is 0 Å². The molecule has 0 aromatic carbocycles. The highest BCUT2D eigenvalue weighted by Crippen LogP contribution is 2.29. The van der Waals surface area contributed by atoms with E-state index in [1.54, 1.807) is 0 Å². The Morgan fingerprint density at radius 1 is 1.31 bits per heavy atom. The van der Waals surface area contributed by atoms with Crippen molar-refractivity contribution >= 4 is 11.8 Å². The maximum Gasteiger partial charge on any atom is 0.227 e. The van der Waals surface area contributed by atoms with Crippen molar-refractivity contribution in [2.75, 3.05) is 46.8 Å². The third-order valence-corrected chi connectivity index (χ3v) is 5.64. The number of imidazole rings is 1. The van der Waals surface area contributed by atoms with E-state index in [1.807, 2.05) is 36.3 Å². The average Bonchev–Trinajstić information content (AvgIpc) is 3.26. The molecule has 2 saturated heterocycles. The summed E-state index contributed by atoms with van der Waals surface area (Å²) < 4.78 is 2.19. The first kappa shape index (κ1) is 18.9. The summed E-state index contributed by atoms with van der Waals surface area (Å²) in [5, 5.41) is 0. The van der Waals surface area contributed by atoms with Crippen LogP contribution in [0.3, 0.4) is 0 Å². The van der Waals surface area contributed by atoms with E-state index < -0.39 is 0 Å². The zero-order chi connectivity index (χ0) is 18.7. The number of hydrogen-bond acceptors (Lipinski definition) is 4. The zero-order valence-corrected chi connectivity index (χ0v) is 16.2. The zero-order valence-electron chi connectivity index (χ0n) is 16.2. The second kappa shape index (κ2) is 8.20. The van der Waals surface area contributed by atoms with E-state index in [9.17, 15) is 9.59 Å². The first-order chi connectivity index (χ1) is 12.5. The molecular weight excluding hydrogens is 330 g/mol. The van der Waals surface area contributed by atoms with Crippen LogP contribution in [0.25, 0.3) is 0 Å². The molecule has 0 aliphatic carbocycles. The number of piperidine rings is 1. The van der Waals surface area contributed by atoms with Gasteiger partial charge in [0, 0.05) is 64.0 Å². The number of likely N-dealkylation sites (tertiary alicyclic amines) is 2. The fraction of sp³-hybridized carbons (Fsp3) is 0.737. The topological polar surface area (TPSA) is 61.7 Å². The number of aromatic nitrogens is 2. The maximum atomic E-state index is 12.9. The predicted octanol–water partition coefficient (Wildman–Crippen LogP) is 1.02. The molecule has 144 valence electrons. The summed E-state index contributed by atoms with van der Waals surface area (Å²) in [6.07, 6.45) is 6.16. The lowest BCUT2D eigenvalue weighted by molar-refractivity contribution is -0.136. The first-order valence-electron chi connectivity index (χ1n) is 9.72. The van der Waals surface area contributed by atoms with Crippen molar-refractivity contribution in [2.45, 2.75) is 38.6 Å². The van der Waals surface area contributed by atoms with E-state index >= 15 is 0 Å². The fourth-order valence-corrected chi connectivity index (χ4v) is 4.04. The standard InChI is InChI=1S/C19H31N5O2/c1-4-22-10-7-20-18(22)15-5-8-23(9-6-15)19(26)16-13-17(25)24(14-16)12-11-21(2)3/h7,10,15-16H,4-6,8-9,11-14H2,1-3H3/t16-/m1/s1. The molecule has 1 atom stereocenters. The molecule has 0 radical (unpaired) electrons. The third kappa shape index (κ3) is 4.09. The summed E-state index contributed by atoms with van der Waals surface area (Å²) in [7, 11) is 3.99. The molecule has 7 heteroatoms. The van der Waals surface area contributed by atoms with Gasteiger partial charge in [-0.2, -0.15) is 0 Å². The minimum atomic E-state index is -0.168. The van der Waals surface area contributed by atoms with Crippen LogP contribution in [0.15, 0.2) is 12.4 Å². The summed E-state index contributed by atoms with van der Waals surface area (Å²) in [6, 6.07) is 0. The van der Waals surface area contributed by atoms with Gasteiger partial charge in [-0.3, -0.25) is 9.59 Å². The summed E-state index contributed by atoms with van der Waals surface area (Å²) in [6.45, 7) is 6.71. The second-order valence-electron chi connectivity index (χ2n) is 7.72. The van der Waals surface area contributed by atoms with Crippen molar-refractivity contribution in [3.8, 4) is 0 Å². The summed E-state index contributed by atoms with van der Waals surface area (Å²) in [4.78, 5) is 35.4. The van der Waals surface area contributed by atoms with Crippen LogP contribution in [0.2, 0.25) is 0 Å². The summed E-state index contributed by atoms with van der Waals surface area (Å²) in [5.41, 5.74) is 0. The van der Waals surface area contributed by atoms with Gasteiger partial charge in [0.1, 0.15) is 5.82 Å². The first-order valence-corrected chi connectivity index (χ1v) is 9.72. The lowest BCUT2D eigenvalue weighted by Crippen LogP contribution is -2.42. The smallest absolute Gasteiger partial charge is 0.227 e. The molecule has 0 unspecified atom stereocenters. The van der Waals surface area contributed by atoms with E-state index in [2.05, 4.69) is 21.4 Å². The van der Waals surface area contributed by atoms with Crippen molar-refractivity contribution in [1.82, 2.24) is 24.3 Å². The predicted molar refractivity (Wildman–Crippen MR) is 99.7 cm³/mol. The SMILES string of the molecule is CCn1ccnc1C1CCN(C(=O)[C@@H]2CC(=O)N(CCN(C)C)C2)CC1. The fourth-order valence-electron chi connectivity index (χ4n) is 4.04. The molecular formula is C19H31N5O2. The highest BCUT2D eigenvalue weighted by molar-refractivity contribution is 5.89. The van der Waals surface area contributed by atoms with Gasteiger partial charge in [0.2, 0.25) is 11.8 Å². The lowest BCUT2D eigenvalue weighted by atomic mass is 9.94. The Kier molecular flexibility index (Phi) is 5.96. The van der Waals surface area contributed by atoms with Crippen LogP contribution in [0, 0.1) is 5.92 Å². The highest BCUT2D eigenvalue weighted by Gasteiger charge is 2.37. The largest absolute Gasteiger partial charge is 0.342 e. The molecule has 0 N–H and O–H groups in total. The molecule has 3 rings (SSSR count). The minimum absolute atomic E-state index is 0.116. The second-order valence-corrected chi connectivity index (χ2v) is 7.72. The van der Waals surface area contributed by atoms with Crippen LogP contribution in [-0.4, -0.2) is 82.9 Å². The van der Waals surface area contributed by atoms with Crippen LogP contribution in [0.1, 0.15) is 37.9 Å². The minimum Gasteiger partial charge on any atom is -0.342 e. The molecule has 1 aromatic rings. The van der Waals surface area contributed by atoms with Gasteiger partial charge >= 0.3 is 0 Å². The normalized spacial score (nSPS) is 21.8. The van der Waals surface area contributed by atoms with E-state index in [0.29, 0.717) is 25.4 Å². The molecule has 2 amide bonds. The number of aryl methyl sites for hydroxylation is 1. The van der Waals surface area contributed by atoms with Gasteiger partial charge in [-0.05, 0) is 33.9 Å². The summed E-state index contributed by atoms with van der Waals surface area (Å²) in [5.74, 6) is 1.67. The quantitative estimate of drug-likeness (QED) is 0.759.